The summed E-state index contributed by atoms with van der Waals surface area (Å²) in [6, 6.07) is 15.0. The Bertz CT molecular complexity index is 604. The van der Waals surface area contributed by atoms with E-state index >= 15 is 0 Å². The van der Waals surface area contributed by atoms with E-state index < -0.39 is 0 Å². The third-order valence-electron chi connectivity index (χ3n) is 2.94. The van der Waals surface area contributed by atoms with Gasteiger partial charge in [-0.25, -0.2) is 0 Å². The molecule has 0 radical (unpaired) electrons. The quantitative estimate of drug-likeness (QED) is 0.770. The highest BCUT2D eigenvalue weighted by Crippen LogP contribution is 2.25. The first-order valence-corrected chi connectivity index (χ1v) is 7.58. The summed E-state index contributed by atoms with van der Waals surface area (Å²) in [4.78, 5) is 12.3. The smallest absolute Gasteiger partial charge is 0.233 e. The molecule has 0 heterocycles. The van der Waals surface area contributed by atoms with Gasteiger partial charge >= 0.3 is 0 Å². The number of nitrogens with two attached hydrogens (primary N) is 1. The van der Waals surface area contributed by atoms with Gasteiger partial charge in [-0.2, -0.15) is 0 Å². The van der Waals surface area contributed by atoms with Gasteiger partial charge in [0.1, 0.15) is 0 Å². The summed E-state index contributed by atoms with van der Waals surface area (Å²) in [6.07, 6.45) is 0. The van der Waals surface area contributed by atoms with Gasteiger partial charge < -0.3 is 11.1 Å². The van der Waals surface area contributed by atoms with Crippen LogP contribution in [0.25, 0.3) is 0 Å². The molecule has 20 heavy (non-hydrogen) atoms. The van der Waals surface area contributed by atoms with Crippen LogP contribution in [0.3, 0.4) is 0 Å². The number of rotatable bonds is 4. The fourth-order valence-corrected chi connectivity index (χ4v) is 2.79. The zero-order chi connectivity index (χ0) is 14.5. The van der Waals surface area contributed by atoms with Crippen molar-refractivity contribution in [3.63, 3.8) is 0 Å². The summed E-state index contributed by atoms with van der Waals surface area (Å²) in [7, 11) is 0. The third-order valence-corrected chi connectivity index (χ3v) is 3.93. The minimum absolute atomic E-state index is 0.151. The van der Waals surface area contributed by atoms with Crippen LogP contribution < -0.4 is 11.1 Å². The fourth-order valence-electron chi connectivity index (χ4n) is 1.89. The normalized spacial score (nSPS) is 11.9. The Morgan fingerprint density at radius 2 is 1.95 bits per heavy atom. The molecule has 1 atom stereocenters. The lowest BCUT2D eigenvalue weighted by Crippen LogP contribution is -2.27. The molecule has 2 aromatic rings. The Morgan fingerprint density at radius 3 is 2.55 bits per heavy atom. The lowest BCUT2D eigenvalue weighted by atomic mass is 9.98. The molecule has 5 heteroatoms. The number of hydrogen-bond donors (Lipinski definition) is 2. The molecule has 0 saturated carbocycles. The van der Waals surface area contributed by atoms with E-state index in [-0.39, 0.29) is 18.4 Å². The first-order valence-electron chi connectivity index (χ1n) is 6.12. The van der Waals surface area contributed by atoms with Crippen LogP contribution in [0.1, 0.15) is 11.5 Å². The van der Waals surface area contributed by atoms with E-state index in [2.05, 4.69) is 27.9 Å². The summed E-state index contributed by atoms with van der Waals surface area (Å²) in [6.45, 7) is 0.248. The van der Waals surface area contributed by atoms with Crippen molar-refractivity contribution < 1.29 is 4.79 Å². The van der Waals surface area contributed by atoms with Crippen molar-refractivity contribution in [1.82, 2.24) is 0 Å². The molecule has 0 aliphatic rings. The number of hydrogen-bond acceptors (Lipinski definition) is 2. The third kappa shape index (κ3) is 3.71. The molecule has 0 aliphatic heterocycles. The van der Waals surface area contributed by atoms with Crippen LogP contribution in [0.15, 0.2) is 48.5 Å². The van der Waals surface area contributed by atoms with Crippen molar-refractivity contribution in [3.05, 3.63) is 62.7 Å². The SMILES string of the molecule is NCC(C(=O)Nc1ccc(I)cc1Cl)c1ccccc1. The second kappa shape index (κ2) is 7.06. The Balaban J connectivity index is 2.18. The van der Waals surface area contributed by atoms with E-state index in [1.165, 1.54) is 0 Å². The van der Waals surface area contributed by atoms with Crippen LogP contribution in [-0.4, -0.2) is 12.5 Å². The predicted molar refractivity (Wildman–Crippen MR) is 91.0 cm³/mol. The van der Waals surface area contributed by atoms with E-state index in [9.17, 15) is 4.79 Å². The summed E-state index contributed by atoms with van der Waals surface area (Å²) < 4.78 is 1.02. The van der Waals surface area contributed by atoms with Crippen LogP contribution >= 0.6 is 34.2 Å². The summed E-state index contributed by atoms with van der Waals surface area (Å²) in [5.74, 6) is -0.534. The highest BCUT2D eigenvalue weighted by atomic mass is 127. The molecular formula is C15H14ClIN2O. The van der Waals surface area contributed by atoms with E-state index in [4.69, 9.17) is 17.3 Å². The number of amides is 1. The van der Waals surface area contributed by atoms with Gasteiger partial charge in [0.15, 0.2) is 0 Å². The van der Waals surface area contributed by atoms with Crippen LogP contribution in [0.2, 0.25) is 5.02 Å². The van der Waals surface area contributed by atoms with Gasteiger partial charge in [-0.1, -0.05) is 41.9 Å². The van der Waals surface area contributed by atoms with Crippen molar-refractivity contribution >= 4 is 45.8 Å². The van der Waals surface area contributed by atoms with Crippen LogP contribution in [0.5, 0.6) is 0 Å². The number of carbonyl (C=O) groups excluding carboxylic acids is 1. The number of carbonyl (C=O) groups is 1. The highest BCUT2D eigenvalue weighted by molar-refractivity contribution is 14.1. The second-order valence-corrected chi connectivity index (χ2v) is 5.97. The van der Waals surface area contributed by atoms with Crippen molar-refractivity contribution in [1.29, 1.82) is 0 Å². The Labute approximate surface area is 136 Å². The van der Waals surface area contributed by atoms with Gasteiger partial charge in [0, 0.05) is 10.1 Å². The molecule has 2 rings (SSSR count). The Hall–Kier alpha value is -1.11. The zero-order valence-electron chi connectivity index (χ0n) is 10.6. The average Bonchev–Trinajstić information content (AvgIpc) is 2.44. The lowest BCUT2D eigenvalue weighted by molar-refractivity contribution is -0.117. The zero-order valence-corrected chi connectivity index (χ0v) is 13.6. The van der Waals surface area contributed by atoms with Gasteiger partial charge in [-0.05, 0) is 46.4 Å². The number of benzene rings is 2. The molecule has 1 amide bonds. The van der Waals surface area contributed by atoms with Crippen LogP contribution in [0, 0.1) is 3.57 Å². The van der Waals surface area contributed by atoms with Crippen molar-refractivity contribution in [3.8, 4) is 0 Å². The van der Waals surface area contributed by atoms with Crippen LogP contribution in [-0.2, 0) is 4.79 Å². The Kier molecular flexibility index (Phi) is 5.39. The van der Waals surface area contributed by atoms with Crippen LogP contribution in [0.4, 0.5) is 5.69 Å². The van der Waals surface area contributed by atoms with E-state index in [1.54, 1.807) is 12.1 Å². The largest absolute Gasteiger partial charge is 0.329 e. The molecule has 0 fully saturated rings. The van der Waals surface area contributed by atoms with Gasteiger partial charge in [0.2, 0.25) is 5.91 Å². The number of halogens is 2. The van der Waals surface area contributed by atoms with Gasteiger partial charge in [0.25, 0.3) is 0 Å². The molecule has 0 spiro atoms. The molecule has 0 bridgehead atoms. The highest BCUT2D eigenvalue weighted by Gasteiger charge is 2.19. The van der Waals surface area contributed by atoms with E-state index in [1.807, 2.05) is 36.4 Å². The molecule has 104 valence electrons. The number of anilines is 1. The van der Waals surface area contributed by atoms with E-state index in [0.29, 0.717) is 10.7 Å². The molecule has 0 aromatic heterocycles. The monoisotopic (exact) mass is 400 g/mol. The maximum atomic E-state index is 12.3. The first kappa shape index (κ1) is 15.3. The average molecular weight is 401 g/mol. The number of nitrogens with one attached hydrogen (secondary N) is 1. The maximum absolute atomic E-state index is 12.3. The van der Waals surface area contributed by atoms with E-state index in [0.717, 1.165) is 9.13 Å². The predicted octanol–water partition coefficient (Wildman–Crippen LogP) is 3.63. The minimum atomic E-state index is -0.383. The minimum Gasteiger partial charge on any atom is -0.329 e. The molecule has 2 aromatic carbocycles. The fraction of sp³-hybridized carbons (Fsp3) is 0.133. The molecule has 3 nitrogen and oxygen atoms in total. The lowest BCUT2D eigenvalue weighted by Gasteiger charge is -2.16. The maximum Gasteiger partial charge on any atom is 0.233 e. The van der Waals surface area contributed by atoms with Crippen molar-refractivity contribution in [2.24, 2.45) is 5.73 Å². The molecule has 1 unspecified atom stereocenters. The molecule has 0 aliphatic carbocycles. The van der Waals surface area contributed by atoms with Gasteiger partial charge in [0.05, 0.1) is 16.6 Å². The van der Waals surface area contributed by atoms with Crippen molar-refractivity contribution in [2.75, 3.05) is 11.9 Å². The Morgan fingerprint density at radius 1 is 1.25 bits per heavy atom. The molecule has 0 saturated heterocycles. The standard InChI is InChI=1S/C15H14ClIN2O/c16-13-8-11(17)6-7-14(13)19-15(20)12(9-18)10-4-2-1-3-5-10/h1-8,12H,9,18H2,(H,19,20). The summed E-state index contributed by atoms with van der Waals surface area (Å²) in [5, 5.41) is 3.36. The summed E-state index contributed by atoms with van der Waals surface area (Å²) in [5.41, 5.74) is 7.23. The molecule has 3 N–H and O–H groups in total. The topological polar surface area (TPSA) is 55.1 Å². The van der Waals surface area contributed by atoms with Gasteiger partial charge in [-0.3, -0.25) is 4.79 Å². The summed E-state index contributed by atoms with van der Waals surface area (Å²) >= 11 is 8.29. The molecular weight excluding hydrogens is 387 g/mol. The van der Waals surface area contributed by atoms with Crippen molar-refractivity contribution in [2.45, 2.75) is 5.92 Å². The first-order chi connectivity index (χ1) is 9.61. The van der Waals surface area contributed by atoms with Gasteiger partial charge in [-0.15, -0.1) is 0 Å². The second-order valence-electron chi connectivity index (χ2n) is 4.31.